The van der Waals surface area contributed by atoms with Crippen LogP contribution >= 0.6 is 0 Å². The lowest BCUT2D eigenvalue weighted by Gasteiger charge is -2.18. The smallest absolute Gasteiger partial charge is 0.0668 e. The van der Waals surface area contributed by atoms with E-state index in [1.165, 1.54) is 11.3 Å². The van der Waals surface area contributed by atoms with Crippen LogP contribution in [0.3, 0.4) is 0 Å². The van der Waals surface area contributed by atoms with Crippen molar-refractivity contribution in [2.75, 3.05) is 30.4 Å². The van der Waals surface area contributed by atoms with Crippen molar-refractivity contribution in [1.29, 1.82) is 0 Å². The Hall–Kier alpha value is -3.33. The summed E-state index contributed by atoms with van der Waals surface area (Å²) in [6.45, 7) is 1.73. The van der Waals surface area contributed by atoms with Crippen molar-refractivity contribution in [1.82, 2.24) is 0 Å². The van der Waals surface area contributed by atoms with Gasteiger partial charge in [-0.05, 0) is 35.9 Å². The van der Waals surface area contributed by atoms with Gasteiger partial charge in [0.25, 0.3) is 0 Å². The highest BCUT2D eigenvalue weighted by molar-refractivity contribution is 6.14. The second kappa shape index (κ2) is 7.92. The highest BCUT2D eigenvalue weighted by Crippen LogP contribution is 2.25. The quantitative estimate of drug-likeness (QED) is 0.682. The molecule has 27 heavy (non-hydrogen) atoms. The van der Waals surface area contributed by atoms with E-state index in [1.807, 2.05) is 18.2 Å². The van der Waals surface area contributed by atoms with Gasteiger partial charge in [-0.25, -0.2) is 0 Å². The number of hydrogen-bond donors (Lipinski definition) is 1. The largest absolute Gasteiger partial charge is 0.372 e. The number of para-hydroxylation sites is 3. The number of fused-ring (bicyclic) bond motifs is 1. The van der Waals surface area contributed by atoms with E-state index < -0.39 is 0 Å². The molecule has 3 nitrogen and oxygen atoms in total. The summed E-state index contributed by atoms with van der Waals surface area (Å²) in [5.74, 6) is 0. The standard InChI is InChI=1S/C24H23N3/c1-27-18-17-25-23(21-12-6-8-14-24(21)27)16-15-19-9-5-7-13-22(19)26-20-10-3-2-4-11-20/h2-16,26H,17-18H2,1H3. The lowest BCUT2D eigenvalue weighted by molar-refractivity contribution is 0.897. The third kappa shape index (κ3) is 3.93. The van der Waals surface area contributed by atoms with Gasteiger partial charge in [0.2, 0.25) is 0 Å². The first-order chi connectivity index (χ1) is 13.3. The Morgan fingerprint density at radius 3 is 2.48 bits per heavy atom. The van der Waals surface area contributed by atoms with Crippen molar-refractivity contribution >= 4 is 28.8 Å². The van der Waals surface area contributed by atoms with E-state index >= 15 is 0 Å². The SMILES string of the molecule is CN1CCN=C(C=Cc2ccccc2Nc2ccccc2)c2ccccc21. The second-order valence-corrected chi connectivity index (χ2v) is 6.62. The number of benzodiazepines with no additional fused rings is 1. The fourth-order valence-electron chi connectivity index (χ4n) is 3.29. The maximum atomic E-state index is 4.81. The monoisotopic (exact) mass is 353 g/mol. The first-order valence-corrected chi connectivity index (χ1v) is 9.25. The summed E-state index contributed by atoms with van der Waals surface area (Å²) in [5.41, 5.74) is 6.75. The first kappa shape index (κ1) is 17.1. The number of hydrogen-bond acceptors (Lipinski definition) is 3. The zero-order valence-electron chi connectivity index (χ0n) is 15.5. The minimum Gasteiger partial charge on any atom is -0.372 e. The van der Waals surface area contributed by atoms with Gasteiger partial charge in [0.15, 0.2) is 0 Å². The number of benzene rings is 3. The average molecular weight is 353 g/mol. The maximum Gasteiger partial charge on any atom is 0.0668 e. The van der Waals surface area contributed by atoms with Crippen molar-refractivity contribution in [3.63, 3.8) is 0 Å². The third-order valence-electron chi connectivity index (χ3n) is 4.74. The van der Waals surface area contributed by atoms with Gasteiger partial charge >= 0.3 is 0 Å². The molecule has 134 valence electrons. The van der Waals surface area contributed by atoms with Crippen LogP contribution in [0.2, 0.25) is 0 Å². The molecule has 4 rings (SSSR count). The molecule has 0 unspecified atom stereocenters. The van der Waals surface area contributed by atoms with Crippen LogP contribution in [0.5, 0.6) is 0 Å². The van der Waals surface area contributed by atoms with E-state index in [0.717, 1.165) is 35.7 Å². The summed E-state index contributed by atoms with van der Waals surface area (Å²) < 4.78 is 0. The van der Waals surface area contributed by atoms with Crippen molar-refractivity contribution in [3.8, 4) is 0 Å². The van der Waals surface area contributed by atoms with Crippen LogP contribution < -0.4 is 10.2 Å². The Morgan fingerprint density at radius 1 is 0.852 bits per heavy atom. The number of aliphatic imine (C=N–C) groups is 1. The molecule has 3 heteroatoms. The van der Waals surface area contributed by atoms with Gasteiger partial charge in [0, 0.05) is 36.2 Å². The van der Waals surface area contributed by atoms with E-state index in [1.54, 1.807) is 0 Å². The molecule has 1 heterocycles. The van der Waals surface area contributed by atoms with Gasteiger partial charge in [-0.1, -0.05) is 60.7 Å². The highest BCUT2D eigenvalue weighted by Gasteiger charge is 2.13. The van der Waals surface area contributed by atoms with Crippen molar-refractivity contribution < 1.29 is 0 Å². The topological polar surface area (TPSA) is 27.6 Å². The lowest BCUT2D eigenvalue weighted by atomic mass is 10.0. The van der Waals surface area contributed by atoms with E-state index in [9.17, 15) is 0 Å². The second-order valence-electron chi connectivity index (χ2n) is 6.62. The molecular weight excluding hydrogens is 330 g/mol. The average Bonchev–Trinajstić information content (AvgIpc) is 2.87. The molecule has 0 fully saturated rings. The zero-order valence-corrected chi connectivity index (χ0v) is 15.5. The normalized spacial score (nSPS) is 13.8. The Balaban J connectivity index is 1.64. The molecule has 1 aliphatic heterocycles. The van der Waals surface area contributed by atoms with Gasteiger partial charge in [0.1, 0.15) is 0 Å². The van der Waals surface area contributed by atoms with Crippen LogP contribution in [0.1, 0.15) is 11.1 Å². The molecule has 0 aromatic heterocycles. The summed E-state index contributed by atoms with van der Waals surface area (Å²) in [7, 11) is 2.13. The maximum absolute atomic E-state index is 4.81. The Morgan fingerprint density at radius 2 is 1.59 bits per heavy atom. The molecule has 3 aromatic rings. The fraction of sp³-hybridized carbons (Fsp3) is 0.125. The Labute approximate surface area is 160 Å². The molecule has 0 amide bonds. The number of nitrogens with one attached hydrogen (secondary N) is 1. The van der Waals surface area contributed by atoms with Crippen LogP contribution in [0.4, 0.5) is 17.1 Å². The third-order valence-corrected chi connectivity index (χ3v) is 4.74. The lowest BCUT2D eigenvalue weighted by Crippen LogP contribution is -2.20. The Kier molecular flexibility index (Phi) is 5.01. The summed E-state index contributed by atoms with van der Waals surface area (Å²) >= 11 is 0. The van der Waals surface area contributed by atoms with Crippen LogP contribution in [0.25, 0.3) is 6.08 Å². The molecule has 0 spiro atoms. The van der Waals surface area contributed by atoms with Crippen LogP contribution in [0.15, 0.2) is 89.9 Å². The molecule has 0 saturated heterocycles. The molecule has 3 aromatic carbocycles. The molecule has 0 saturated carbocycles. The summed E-state index contributed by atoms with van der Waals surface area (Å²) in [6.07, 6.45) is 4.27. The predicted octanol–water partition coefficient (Wildman–Crippen LogP) is 5.38. The van der Waals surface area contributed by atoms with Gasteiger partial charge in [0.05, 0.1) is 12.3 Å². The fourth-order valence-corrected chi connectivity index (χ4v) is 3.29. The number of nitrogens with zero attached hydrogens (tertiary/aromatic N) is 2. The molecule has 0 bridgehead atoms. The summed E-state index contributed by atoms with van der Waals surface area (Å²) in [5, 5.41) is 3.50. The van der Waals surface area contributed by atoms with E-state index in [-0.39, 0.29) is 0 Å². The van der Waals surface area contributed by atoms with E-state index in [4.69, 9.17) is 4.99 Å². The molecule has 0 radical (unpaired) electrons. The number of likely N-dealkylation sites (N-methyl/N-ethyl adjacent to an activating group) is 1. The number of anilines is 3. The molecule has 1 N–H and O–H groups in total. The van der Waals surface area contributed by atoms with Crippen molar-refractivity contribution in [2.24, 2.45) is 4.99 Å². The van der Waals surface area contributed by atoms with Gasteiger partial charge < -0.3 is 10.2 Å². The van der Waals surface area contributed by atoms with Crippen molar-refractivity contribution in [3.05, 3.63) is 96.1 Å². The van der Waals surface area contributed by atoms with Crippen LogP contribution in [-0.2, 0) is 0 Å². The minimum atomic E-state index is 0.800. The Bertz CT molecular complexity index is 974. The first-order valence-electron chi connectivity index (χ1n) is 9.25. The predicted molar refractivity (Wildman–Crippen MR) is 116 cm³/mol. The molecule has 0 aliphatic carbocycles. The van der Waals surface area contributed by atoms with Crippen LogP contribution in [0, 0.1) is 0 Å². The molecular formula is C24H23N3. The van der Waals surface area contributed by atoms with Gasteiger partial charge in [-0.2, -0.15) is 0 Å². The van der Waals surface area contributed by atoms with Gasteiger partial charge in [-0.15, -0.1) is 0 Å². The van der Waals surface area contributed by atoms with E-state index in [0.29, 0.717) is 0 Å². The molecule has 0 atom stereocenters. The van der Waals surface area contributed by atoms with Crippen molar-refractivity contribution in [2.45, 2.75) is 0 Å². The summed E-state index contributed by atoms with van der Waals surface area (Å²) in [6, 6.07) is 27.0. The number of rotatable bonds is 4. The molecule has 1 aliphatic rings. The zero-order chi connectivity index (χ0) is 18.5. The summed E-state index contributed by atoms with van der Waals surface area (Å²) in [4.78, 5) is 7.08. The number of allylic oxidation sites excluding steroid dienone is 1. The van der Waals surface area contributed by atoms with E-state index in [2.05, 4.69) is 90.1 Å². The highest BCUT2D eigenvalue weighted by atomic mass is 15.1. The van der Waals surface area contributed by atoms with Crippen LogP contribution in [-0.4, -0.2) is 25.8 Å². The minimum absolute atomic E-state index is 0.800. The van der Waals surface area contributed by atoms with Gasteiger partial charge in [-0.3, -0.25) is 4.99 Å².